The van der Waals surface area contributed by atoms with E-state index in [9.17, 15) is 9.59 Å². The highest BCUT2D eigenvalue weighted by atomic mass is 16.2. The van der Waals surface area contributed by atoms with Crippen LogP contribution >= 0.6 is 0 Å². The van der Waals surface area contributed by atoms with Crippen LogP contribution in [0.5, 0.6) is 0 Å². The molecule has 30 heavy (non-hydrogen) atoms. The summed E-state index contributed by atoms with van der Waals surface area (Å²) >= 11 is 0. The number of amides is 2. The SMILES string of the molecule is Cc1cccc(N2CCN(C(=O)CNC(=O)c3ccc(C(C)(C)C)cc3)CC2)c1C. The smallest absolute Gasteiger partial charge is 0.251 e. The summed E-state index contributed by atoms with van der Waals surface area (Å²) in [6.45, 7) is 13.7. The third kappa shape index (κ3) is 5.02. The summed E-state index contributed by atoms with van der Waals surface area (Å²) in [5, 5.41) is 2.77. The van der Waals surface area contributed by atoms with E-state index in [4.69, 9.17) is 0 Å². The van der Waals surface area contributed by atoms with Gasteiger partial charge in [-0.2, -0.15) is 0 Å². The molecular formula is C25H33N3O2. The first-order chi connectivity index (χ1) is 14.2. The second-order valence-electron chi connectivity index (χ2n) is 9.10. The van der Waals surface area contributed by atoms with Gasteiger partial charge < -0.3 is 15.1 Å². The number of nitrogens with zero attached hydrogens (tertiary/aromatic N) is 2. The molecule has 0 unspecified atom stereocenters. The highest BCUT2D eigenvalue weighted by molar-refractivity contribution is 5.96. The third-order valence-electron chi connectivity index (χ3n) is 5.96. The molecule has 5 heteroatoms. The van der Waals surface area contributed by atoms with E-state index in [1.165, 1.54) is 22.4 Å². The highest BCUT2D eigenvalue weighted by Crippen LogP contribution is 2.24. The van der Waals surface area contributed by atoms with E-state index >= 15 is 0 Å². The molecule has 1 N–H and O–H groups in total. The molecule has 1 aliphatic rings. The van der Waals surface area contributed by atoms with Crippen LogP contribution in [0.4, 0.5) is 5.69 Å². The molecule has 2 amide bonds. The lowest BCUT2D eigenvalue weighted by molar-refractivity contribution is -0.130. The summed E-state index contributed by atoms with van der Waals surface area (Å²) < 4.78 is 0. The number of rotatable bonds is 4. The Morgan fingerprint density at radius 2 is 1.57 bits per heavy atom. The Bertz CT molecular complexity index is 905. The first-order valence-electron chi connectivity index (χ1n) is 10.6. The van der Waals surface area contributed by atoms with Crippen molar-refractivity contribution in [3.63, 3.8) is 0 Å². The van der Waals surface area contributed by atoms with Crippen LogP contribution in [0.3, 0.4) is 0 Å². The maximum Gasteiger partial charge on any atom is 0.251 e. The average Bonchev–Trinajstić information content (AvgIpc) is 2.73. The fourth-order valence-corrected chi connectivity index (χ4v) is 3.77. The molecule has 1 saturated heterocycles. The summed E-state index contributed by atoms with van der Waals surface area (Å²) in [7, 11) is 0. The predicted octanol–water partition coefficient (Wildman–Crippen LogP) is 3.68. The molecule has 5 nitrogen and oxygen atoms in total. The normalized spacial score (nSPS) is 14.6. The van der Waals surface area contributed by atoms with Crippen LogP contribution in [0.1, 0.15) is 47.8 Å². The first kappa shape index (κ1) is 21.9. The van der Waals surface area contributed by atoms with Crippen LogP contribution < -0.4 is 10.2 Å². The quantitative estimate of drug-likeness (QED) is 0.841. The summed E-state index contributed by atoms with van der Waals surface area (Å²) in [4.78, 5) is 29.2. The van der Waals surface area contributed by atoms with Gasteiger partial charge in [0.2, 0.25) is 5.91 Å². The van der Waals surface area contributed by atoms with Gasteiger partial charge in [0, 0.05) is 37.4 Å². The fraction of sp³-hybridized carbons (Fsp3) is 0.440. The van der Waals surface area contributed by atoms with Crippen molar-refractivity contribution in [1.29, 1.82) is 0 Å². The Kier molecular flexibility index (Phi) is 6.49. The standard InChI is InChI=1S/C25H33N3O2/c1-18-7-6-8-22(19(18)2)27-13-15-28(16-14-27)23(29)17-26-24(30)20-9-11-21(12-10-20)25(3,4)5/h6-12H,13-17H2,1-5H3,(H,26,30). The van der Waals surface area contributed by atoms with Gasteiger partial charge in [0.15, 0.2) is 0 Å². The van der Waals surface area contributed by atoms with Crippen molar-refractivity contribution in [2.24, 2.45) is 0 Å². The van der Waals surface area contributed by atoms with Gasteiger partial charge >= 0.3 is 0 Å². The molecule has 0 bridgehead atoms. The Hall–Kier alpha value is -2.82. The van der Waals surface area contributed by atoms with E-state index in [1.807, 2.05) is 29.2 Å². The van der Waals surface area contributed by atoms with Crippen LogP contribution in [0.25, 0.3) is 0 Å². The van der Waals surface area contributed by atoms with Gasteiger partial charge in [0.1, 0.15) is 0 Å². The number of piperazine rings is 1. The molecule has 1 heterocycles. The van der Waals surface area contributed by atoms with Gasteiger partial charge in [-0.1, -0.05) is 45.0 Å². The third-order valence-corrected chi connectivity index (χ3v) is 5.96. The zero-order valence-corrected chi connectivity index (χ0v) is 18.8. The lowest BCUT2D eigenvalue weighted by Crippen LogP contribution is -2.51. The molecule has 3 rings (SSSR count). The molecular weight excluding hydrogens is 374 g/mol. The fourth-order valence-electron chi connectivity index (χ4n) is 3.77. The predicted molar refractivity (Wildman–Crippen MR) is 122 cm³/mol. The minimum atomic E-state index is -0.210. The van der Waals surface area contributed by atoms with Gasteiger partial charge in [-0.15, -0.1) is 0 Å². The van der Waals surface area contributed by atoms with Gasteiger partial charge in [0.05, 0.1) is 6.54 Å². The van der Waals surface area contributed by atoms with Crippen LogP contribution in [0.2, 0.25) is 0 Å². The van der Waals surface area contributed by atoms with E-state index in [1.54, 1.807) is 0 Å². The number of hydrogen-bond acceptors (Lipinski definition) is 3. The number of hydrogen-bond donors (Lipinski definition) is 1. The zero-order valence-electron chi connectivity index (χ0n) is 18.8. The van der Waals surface area contributed by atoms with Crippen molar-refractivity contribution in [3.8, 4) is 0 Å². The highest BCUT2D eigenvalue weighted by Gasteiger charge is 2.23. The monoisotopic (exact) mass is 407 g/mol. The van der Waals surface area contributed by atoms with Gasteiger partial charge in [-0.3, -0.25) is 9.59 Å². The van der Waals surface area contributed by atoms with Crippen molar-refractivity contribution in [3.05, 3.63) is 64.7 Å². The Morgan fingerprint density at radius 3 is 2.17 bits per heavy atom. The van der Waals surface area contributed by atoms with Crippen LogP contribution in [0, 0.1) is 13.8 Å². The van der Waals surface area contributed by atoms with Gasteiger partial charge in [-0.25, -0.2) is 0 Å². The largest absolute Gasteiger partial charge is 0.368 e. The van der Waals surface area contributed by atoms with Crippen molar-refractivity contribution >= 4 is 17.5 Å². The minimum Gasteiger partial charge on any atom is -0.368 e. The maximum absolute atomic E-state index is 12.6. The van der Waals surface area contributed by atoms with E-state index < -0.39 is 0 Å². The Labute approximate surface area is 180 Å². The lowest BCUT2D eigenvalue weighted by Gasteiger charge is -2.37. The average molecular weight is 408 g/mol. The second kappa shape index (κ2) is 8.90. The number of aryl methyl sites for hydroxylation is 1. The summed E-state index contributed by atoms with van der Waals surface area (Å²) in [5.74, 6) is -0.242. The van der Waals surface area contributed by atoms with Crippen LogP contribution in [-0.4, -0.2) is 49.4 Å². The van der Waals surface area contributed by atoms with Crippen molar-refractivity contribution in [2.45, 2.75) is 40.0 Å². The van der Waals surface area contributed by atoms with Gasteiger partial charge in [-0.05, 0) is 54.2 Å². The van der Waals surface area contributed by atoms with Crippen molar-refractivity contribution in [1.82, 2.24) is 10.2 Å². The summed E-state index contributed by atoms with van der Waals surface area (Å²) in [6.07, 6.45) is 0. The molecule has 0 aliphatic carbocycles. The van der Waals surface area contributed by atoms with E-state index in [0.29, 0.717) is 18.7 Å². The maximum atomic E-state index is 12.6. The van der Waals surface area contributed by atoms with E-state index in [-0.39, 0.29) is 23.8 Å². The molecule has 2 aromatic carbocycles. The first-order valence-corrected chi connectivity index (χ1v) is 10.6. The minimum absolute atomic E-state index is 0.0311. The zero-order chi connectivity index (χ0) is 21.9. The molecule has 1 aliphatic heterocycles. The molecule has 0 aromatic heterocycles. The Balaban J connectivity index is 1.50. The molecule has 0 radical (unpaired) electrons. The van der Waals surface area contributed by atoms with E-state index in [2.05, 4.69) is 63.0 Å². The number of anilines is 1. The molecule has 0 saturated carbocycles. The van der Waals surface area contributed by atoms with Crippen molar-refractivity contribution < 1.29 is 9.59 Å². The number of benzene rings is 2. The van der Waals surface area contributed by atoms with Crippen LogP contribution in [-0.2, 0) is 10.2 Å². The molecule has 1 fully saturated rings. The van der Waals surface area contributed by atoms with Crippen molar-refractivity contribution in [2.75, 3.05) is 37.6 Å². The van der Waals surface area contributed by atoms with Crippen LogP contribution in [0.15, 0.2) is 42.5 Å². The summed E-state index contributed by atoms with van der Waals surface area (Å²) in [6, 6.07) is 13.9. The molecule has 2 aromatic rings. The summed E-state index contributed by atoms with van der Waals surface area (Å²) in [5.41, 5.74) is 5.62. The Morgan fingerprint density at radius 1 is 0.933 bits per heavy atom. The lowest BCUT2D eigenvalue weighted by atomic mass is 9.87. The van der Waals surface area contributed by atoms with E-state index in [0.717, 1.165) is 13.1 Å². The molecule has 0 atom stereocenters. The van der Waals surface area contributed by atoms with Gasteiger partial charge in [0.25, 0.3) is 5.91 Å². The number of carbonyl (C=O) groups excluding carboxylic acids is 2. The number of carbonyl (C=O) groups is 2. The second-order valence-corrected chi connectivity index (χ2v) is 9.10. The molecule has 160 valence electrons. The molecule has 0 spiro atoms. The topological polar surface area (TPSA) is 52.6 Å². The number of nitrogens with one attached hydrogen (secondary N) is 1.